The zero-order valence-corrected chi connectivity index (χ0v) is 17.4. The molecular weight excluding hydrogens is 431 g/mol. The molecule has 0 radical (unpaired) electrons. The van der Waals surface area contributed by atoms with Gasteiger partial charge in [0, 0.05) is 22.9 Å². The Morgan fingerprint density at radius 3 is 2.74 bits per heavy atom. The normalized spacial score (nSPS) is 16.3. The van der Waals surface area contributed by atoms with Crippen molar-refractivity contribution in [2.24, 2.45) is 0 Å². The number of halogens is 3. The summed E-state index contributed by atoms with van der Waals surface area (Å²) >= 11 is 1.06. The first-order chi connectivity index (χ1) is 14.6. The number of carbonyl (C=O) groups excluding carboxylic acids is 2. The number of anilines is 2. The summed E-state index contributed by atoms with van der Waals surface area (Å²) in [6.45, 7) is 3.92. The van der Waals surface area contributed by atoms with Crippen LogP contribution in [0.5, 0.6) is 0 Å². The number of fused-ring (bicyclic) bond motifs is 2. The van der Waals surface area contributed by atoms with Gasteiger partial charge >= 0.3 is 6.18 Å². The van der Waals surface area contributed by atoms with Gasteiger partial charge in [0.1, 0.15) is 5.52 Å². The van der Waals surface area contributed by atoms with Crippen molar-refractivity contribution in [3.63, 3.8) is 0 Å². The summed E-state index contributed by atoms with van der Waals surface area (Å²) in [5.41, 5.74) is 0.989. The third-order valence-corrected chi connectivity index (χ3v) is 5.95. The van der Waals surface area contributed by atoms with Gasteiger partial charge in [0.05, 0.1) is 16.5 Å². The highest BCUT2D eigenvalue weighted by molar-refractivity contribution is 8.01. The first-order valence-electron chi connectivity index (χ1n) is 9.49. The molecule has 4 rings (SSSR count). The van der Waals surface area contributed by atoms with E-state index >= 15 is 0 Å². The average molecular weight is 449 g/mol. The number of aromatic nitrogens is 1. The smallest absolute Gasteiger partial charge is 0.416 e. The van der Waals surface area contributed by atoms with Crippen LogP contribution in [0.4, 0.5) is 24.5 Å². The van der Waals surface area contributed by atoms with E-state index in [-0.39, 0.29) is 18.0 Å². The number of hydrogen-bond donors (Lipinski definition) is 2. The monoisotopic (exact) mass is 449 g/mol. The van der Waals surface area contributed by atoms with Gasteiger partial charge in [-0.1, -0.05) is 13.8 Å². The maximum atomic E-state index is 12.9. The molecule has 2 N–H and O–H groups in total. The van der Waals surface area contributed by atoms with Crippen molar-refractivity contribution in [1.29, 1.82) is 0 Å². The molecule has 0 aliphatic carbocycles. The van der Waals surface area contributed by atoms with Crippen molar-refractivity contribution >= 4 is 46.1 Å². The Labute approximate surface area is 179 Å². The molecule has 10 heteroatoms. The van der Waals surface area contributed by atoms with Crippen LogP contribution in [-0.2, 0) is 15.8 Å². The molecule has 1 aliphatic rings. The van der Waals surface area contributed by atoms with Gasteiger partial charge in [0.15, 0.2) is 11.5 Å². The van der Waals surface area contributed by atoms with Crippen LogP contribution in [-0.4, -0.2) is 22.0 Å². The van der Waals surface area contributed by atoms with Crippen LogP contribution in [0.1, 0.15) is 37.6 Å². The van der Waals surface area contributed by atoms with Crippen LogP contribution >= 0.6 is 11.8 Å². The number of hydrogen-bond acceptors (Lipinski definition) is 5. The van der Waals surface area contributed by atoms with E-state index in [4.69, 9.17) is 4.42 Å². The fraction of sp³-hybridized carbons (Fsp3) is 0.286. The Morgan fingerprint density at radius 1 is 1.26 bits per heavy atom. The van der Waals surface area contributed by atoms with E-state index < -0.39 is 28.8 Å². The number of alkyl halides is 3. The van der Waals surface area contributed by atoms with E-state index in [1.807, 2.05) is 13.8 Å². The minimum Gasteiger partial charge on any atom is -0.440 e. The van der Waals surface area contributed by atoms with Crippen molar-refractivity contribution < 1.29 is 27.2 Å². The largest absolute Gasteiger partial charge is 0.440 e. The van der Waals surface area contributed by atoms with Crippen LogP contribution in [0.15, 0.2) is 45.7 Å². The molecule has 0 bridgehead atoms. The molecule has 31 heavy (non-hydrogen) atoms. The summed E-state index contributed by atoms with van der Waals surface area (Å²) in [5, 5.41) is 4.44. The van der Waals surface area contributed by atoms with Crippen LogP contribution < -0.4 is 10.6 Å². The van der Waals surface area contributed by atoms with Gasteiger partial charge in [-0.05, 0) is 36.4 Å². The van der Waals surface area contributed by atoms with Crippen molar-refractivity contribution in [2.75, 3.05) is 10.6 Å². The van der Waals surface area contributed by atoms with E-state index in [9.17, 15) is 22.8 Å². The lowest BCUT2D eigenvalue weighted by Gasteiger charge is -2.24. The van der Waals surface area contributed by atoms with Gasteiger partial charge < -0.3 is 15.1 Å². The number of rotatable bonds is 4. The van der Waals surface area contributed by atoms with Gasteiger partial charge in [0.25, 0.3) is 0 Å². The highest BCUT2D eigenvalue weighted by Crippen LogP contribution is 2.40. The third kappa shape index (κ3) is 4.53. The maximum absolute atomic E-state index is 12.9. The number of carbonyl (C=O) groups is 2. The molecule has 1 atom stereocenters. The molecule has 2 aromatic carbocycles. The lowest BCUT2D eigenvalue weighted by Crippen LogP contribution is -2.32. The van der Waals surface area contributed by atoms with E-state index in [0.717, 1.165) is 23.9 Å². The molecule has 3 aromatic rings. The first kappa shape index (κ1) is 21.2. The third-order valence-electron chi connectivity index (χ3n) is 4.68. The predicted octanol–water partition coefficient (Wildman–Crippen LogP) is 5.41. The number of amides is 2. The van der Waals surface area contributed by atoms with Gasteiger partial charge in [-0.25, -0.2) is 4.98 Å². The predicted molar refractivity (Wildman–Crippen MR) is 111 cm³/mol. The SMILES string of the molecule is CC(C)c1nc2cc(NC(=O)CC3Sc4ccc(C(F)(F)F)cc4NC3=O)ccc2o1. The van der Waals surface area contributed by atoms with Crippen molar-refractivity contribution in [2.45, 2.75) is 42.5 Å². The summed E-state index contributed by atoms with van der Waals surface area (Å²) in [6, 6.07) is 8.23. The Morgan fingerprint density at radius 2 is 2.03 bits per heavy atom. The number of nitrogens with one attached hydrogen (secondary N) is 2. The van der Waals surface area contributed by atoms with E-state index in [0.29, 0.717) is 27.6 Å². The van der Waals surface area contributed by atoms with E-state index in [2.05, 4.69) is 15.6 Å². The number of thioether (sulfide) groups is 1. The molecule has 1 unspecified atom stereocenters. The summed E-state index contributed by atoms with van der Waals surface area (Å²) in [4.78, 5) is 29.7. The summed E-state index contributed by atoms with van der Waals surface area (Å²) < 4.78 is 44.2. The number of nitrogens with zero attached hydrogens (tertiary/aromatic N) is 1. The average Bonchev–Trinajstić information content (AvgIpc) is 3.11. The standard InChI is InChI=1S/C21H18F3N3O3S/c1-10(2)20-27-13-8-12(4-5-15(13)30-20)25-18(28)9-17-19(29)26-14-7-11(21(22,23)24)3-6-16(14)31-17/h3-8,10,17H,9H2,1-2H3,(H,25,28)(H,26,29). The lowest BCUT2D eigenvalue weighted by molar-refractivity contribution is -0.137. The van der Waals surface area contributed by atoms with Gasteiger partial charge in [-0.15, -0.1) is 11.8 Å². The molecule has 2 amide bonds. The Kier molecular flexibility index (Phi) is 5.42. The molecule has 1 aromatic heterocycles. The number of benzene rings is 2. The summed E-state index contributed by atoms with van der Waals surface area (Å²) in [5.74, 6) is -0.182. The molecule has 162 valence electrons. The summed E-state index contributed by atoms with van der Waals surface area (Å²) in [6.07, 6.45) is -4.63. The quantitative estimate of drug-likeness (QED) is 0.556. The second-order valence-corrected chi connectivity index (χ2v) is 8.69. The number of oxazole rings is 1. The summed E-state index contributed by atoms with van der Waals surface area (Å²) in [7, 11) is 0. The van der Waals surface area contributed by atoms with Gasteiger partial charge in [0.2, 0.25) is 11.8 Å². The zero-order chi connectivity index (χ0) is 22.3. The molecule has 0 spiro atoms. The highest BCUT2D eigenvalue weighted by atomic mass is 32.2. The van der Waals surface area contributed by atoms with Crippen LogP contribution in [0.25, 0.3) is 11.1 Å². The minimum absolute atomic E-state index is 0.0962. The highest BCUT2D eigenvalue weighted by Gasteiger charge is 2.34. The van der Waals surface area contributed by atoms with Crippen molar-refractivity contribution in [3.05, 3.63) is 47.9 Å². The fourth-order valence-corrected chi connectivity index (χ4v) is 4.20. The van der Waals surface area contributed by atoms with Crippen molar-refractivity contribution in [1.82, 2.24) is 4.98 Å². The molecule has 0 saturated heterocycles. The lowest BCUT2D eigenvalue weighted by atomic mass is 10.1. The zero-order valence-electron chi connectivity index (χ0n) is 16.5. The molecule has 0 saturated carbocycles. The van der Waals surface area contributed by atoms with E-state index in [1.165, 1.54) is 6.07 Å². The molecule has 0 fully saturated rings. The van der Waals surface area contributed by atoms with Crippen LogP contribution in [0.2, 0.25) is 0 Å². The fourth-order valence-electron chi connectivity index (χ4n) is 3.11. The second kappa shape index (κ2) is 7.92. The molecule has 2 heterocycles. The minimum atomic E-state index is -4.50. The first-order valence-corrected chi connectivity index (χ1v) is 10.4. The molecule has 6 nitrogen and oxygen atoms in total. The second-order valence-electron chi connectivity index (χ2n) is 7.45. The Bertz CT molecular complexity index is 1170. The van der Waals surface area contributed by atoms with Gasteiger partial charge in [-0.2, -0.15) is 13.2 Å². The molecule has 1 aliphatic heterocycles. The van der Waals surface area contributed by atoms with Crippen LogP contribution in [0.3, 0.4) is 0 Å². The van der Waals surface area contributed by atoms with E-state index in [1.54, 1.807) is 18.2 Å². The topological polar surface area (TPSA) is 84.2 Å². The van der Waals surface area contributed by atoms with Gasteiger partial charge in [-0.3, -0.25) is 9.59 Å². The maximum Gasteiger partial charge on any atom is 0.416 e. The molecular formula is C21H18F3N3O3S. The Balaban J connectivity index is 1.44. The van der Waals surface area contributed by atoms with Crippen LogP contribution in [0, 0.1) is 0 Å². The van der Waals surface area contributed by atoms with Crippen molar-refractivity contribution in [3.8, 4) is 0 Å². The Hall–Kier alpha value is -3.01.